The van der Waals surface area contributed by atoms with Crippen LogP contribution in [0.5, 0.6) is 11.5 Å². The average Bonchev–Trinajstić information content (AvgIpc) is 2.91. The van der Waals surface area contributed by atoms with Crippen molar-refractivity contribution in [2.75, 3.05) is 6.79 Å². The molecule has 2 aliphatic rings. The molecule has 0 bridgehead atoms. The fourth-order valence-corrected chi connectivity index (χ4v) is 2.75. The number of hydrogen-bond donors (Lipinski definition) is 5. The molecule has 0 spiro atoms. The highest BCUT2D eigenvalue weighted by Gasteiger charge is 2.48. The zero-order chi connectivity index (χ0) is 14.4. The molecule has 0 aromatic heterocycles. The fourth-order valence-electron chi connectivity index (χ4n) is 2.75. The Balaban J connectivity index is 1.95. The summed E-state index contributed by atoms with van der Waals surface area (Å²) < 4.78 is 10.4. The summed E-state index contributed by atoms with van der Waals surface area (Å²) in [5.74, 6) is 0.0876. The summed E-state index contributed by atoms with van der Waals surface area (Å²) in [6.07, 6.45) is -7.47. The quantitative estimate of drug-likeness (QED) is 0.417. The van der Waals surface area contributed by atoms with Gasteiger partial charge in [0.25, 0.3) is 0 Å². The third-order valence-corrected chi connectivity index (χ3v) is 3.92. The Hall–Kier alpha value is -1.38. The van der Waals surface area contributed by atoms with E-state index >= 15 is 0 Å². The highest BCUT2D eigenvalue weighted by molar-refractivity contribution is 5.46. The van der Waals surface area contributed by atoms with E-state index in [1.165, 1.54) is 0 Å². The monoisotopic (exact) mass is 284 g/mol. The van der Waals surface area contributed by atoms with Gasteiger partial charge in [-0.3, -0.25) is 0 Å². The number of ether oxygens (including phenoxy) is 2. The largest absolute Gasteiger partial charge is 0.454 e. The first-order chi connectivity index (χ1) is 9.50. The highest BCUT2D eigenvalue weighted by atomic mass is 16.7. The maximum absolute atomic E-state index is 10.0. The molecule has 1 aliphatic heterocycles. The van der Waals surface area contributed by atoms with Gasteiger partial charge in [0, 0.05) is 5.92 Å². The van der Waals surface area contributed by atoms with Crippen LogP contribution in [0, 0.1) is 0 Å². The molecule has 1 saturated carbocycles. The van der Waals surface area contributed by atoms with Crippen LogP contribution in [0.15, 0.2) is 18.2 Å². The van der Waals surface area contributed by atoms with E-state index in [0.717, 1.165) is 0 Å². The molecule has 0 saturated heterocycles. The van der Waals surface area contributed by atoms with E-state index in [4.69, 9.17) is 9.47 Å². The third-order valence-electron chi connectivity index (χ3n) is 3.92. The van der Waals surface area contributed by atoms with Crippen molar-refractivity contribution in [2.24, 2.45) is 0 Å². The van der Waals surface area contributed by atoms with Gasteiger partial charge in [-0.15, -0.1) is 0 Å². The second-order valence-electron chi connectivity index (χ2n) is 5.09. The summed E-state index contributed by atoms with van der Waals surface area (Å²) in [6, 6.07) is 4.82. The highest BCUT2D eigenvalue weighted by Crippen LogP contribution is 2.39. The lowest BCUT2D eigenvalue weighted by molar-refractivity contribution is -0.187. The van der Waals surface area contributed by atoms with Crippen molar-refractivity contribution in [3.63, 3.8) is 0 Å². The Bertz CT molecular complexity index is 489. The Kier molecular flexibility index (Phi) is 3.31. The molecule has 3 rings (SSSR count). The van der Waals surface area contributed by atoms with Gasteiger partial charge in [0.2, 0.25) is 6.79 Å². The van der Waals surface area contributed by atoms with Crippen LogP contribution in [0.4, 0.5) is 0 Å². The van der Waals surface area contributed by atoms with E-state index in [2.05, 4.69) is 0 Å². The molecule has 6 atom stereocenters. The lowest BCUT2D eigenvalue weighted by atomic mass is 9.75. The molecule has 1 heterocycles. The first kappa shape index (κ1) is 13.6. The molecule has 1 fully saturated rings. The second kappa shape index (κ2) is 4.87. The number of rotatable bonds is 1. The van der Waals surface area contributed by atoms with Crippen molar-refractivity contribution < 1.29 is 35.0 Å². The molecule has 0 amide bonds. The molecule has 5 N–H and O–H groups in total. The van der Waals surface area contributed by atoms with Gasteiger partial charge in [-0.05, 0) is 17.7 Å². The smallest absolute Gasteiger partial charge is 0.231 e. The zero-order valence-electron chi connectivity index (χ0n) is 10.5. The number of benzene rings is 1. The SMILES string of the molecule is OC1[C@@H](O)[C@H](O)C(c2ccc3c(c2)OCO3)[C@@H](O)[C@H]1O. The van der Waals surface area contributed by atoms with Gasteiger partial charge in [0.05, 0.1) is 12.2 Å². The average molecular weight is 284 g/mol. The predicted octanol–water partition coefficient (Wildman–Crippen LogP) is -1.68. The van der Waals surface area contributed by atoms with Crippen LogP contribution in [0.25, 0.3) is 0 Å². The summed E-state index contributed by atoms with van der Waals surface area (Å²) in [5.41, 5.74) is 0.485. The van der Waals surface area contributed by atoms with Gasteiger partial charge in [0.1, 0.15) is 18.3 Å². The van der Waals surface area contributed by atoms with Crippen molar-refractivity contribution in [1.82, 2.24) is 0 Å². The van der Waals surface area contributed by atoms with Crippen LogP contribution in [0.1, 0.15) is 11.5 Å². The molecule has 1 aliphatic carbocycles. The zero-order valence-corrected chi connectivity index (χ0v) is 10.5. The molecule has 1 aromatic carbocycles. The molecule has 0 radical (unpaired) electrons. The summed E-state index contributed by atoms with van der Waals surface area (Å²) >= 11 is 0. The molecule has 7 nitrogen and oxygen atoms in total. The van der Waals surface area contributed by atoms with Crippen LogP contribution in [-0.2, 0) is 0 Å². The second-order valence-corrected chi connectivity index (χ2v) is 5.09. The Morgan fingerprint density at radius 2 is 1.30 bits per heavy atom. The molecule has 1 aromatic rings. The van der Waals surface area contributed by atoms with E-state index in [0.29, 0.717) is 17.1 Å². The minimum Gasteiger partial charge on any atom is -0.454 e. The molecular formula is C13H16O7. The molecule has 110 valence electrons. The van der Waals surface area contributed by atoms with Crippen molar-refractivity contribution in [3.05, 3.63) is 23.8 Å². The van der Waals surface area contributed by atoms with Crippen molar-refractivity contribution in [1.29, 1.82) is 0 Å². The van der Waals surface area contributed by atoms with Crippen LogP contribution in [-0.4, -0.2) is 62.8 Å². The normalized spacial score (nSPS) is 39.9. The van der Waals surface area contributed by atoms with Gasteiger partial charge in [0.15, 0.2) is 11.5 Å². The number of hydrogen-bond acceptors (Lipinski definition) is 7. The number of fused-ring (bicyclic) bond motifs is 1. The van der Waals surface area contributed by atoms with Gasteiger partial charge in [-0.1, -0.05) is 6.07 Å². The van der Waals surface area contributed by atoms with Crippen molar-refractivity contribution in [2.45, 2.75) is 36.4 Å². The van der Waals surface area contributed by atoms with Crippen LogP contribution in [0.3, 0.4) is 0 Å². The number of aliphatic hydroxyl groups is 5. The van der Waals surface area contributed by atoms with Crippen molar-refractivity contribution >= 4 is 0 Å². The molecule has 20 heavy (non-hydrogen) atoms. The first-order valence-corrected chi connectivity index (χ1v) is 6.30. The van der Waals surface area contributed by atoms with Crippen LogP contribution >= 0.6 is 0 Å². The standard InChI is InChI=1S/C13H16O7/c14-9-8(10(15)12(17)13(18)11(9)16)5-1-2-6-7(3-5)20-4-19-6/h1-3,8-18H,4H2/t8?,9-,10-,11-,12+,13?/m1/s1. The van der Waals surface area contributed by atoms with E-state index in [1.54, 1.807) is 18.2 Å². The predicted molar refractivity (Wildman–Crippen MR) is 65.3 cm³/mol. The van der Waals surface area contributed by atoms with Crippen LogP contribution in [0.2, 0.25) is 0 Å². The topological polar surface area (TPSA) is 120 Å². The third kappa shape index (κ3) is 1.95. The summed E-state index contributed by atoms with van der Waals surface area (Å²) in [7, 11) is 0. The van der Waals surface area contributed by atoms with E-state index in [9.17, 15) is 25.5 Å². The number of aliphatic hydroxyl groups excluding tert-OH is 5. The minimum absolute atomic E-state index is 0.0958. The minimum atomic E-state index is -1.59. The Labute approximate surface area is 114 Å². The summed E-state index contributed by atoms with van der Waals surface area (Å²) in [5, 5.41) is 49.1. The molecule has 2 unspecified atom stereocenters. The Morgan fingerprint density at radius 3 is 1.95 bits per heavy atom. The van der Waals surface area contributed by atoms with E-state index in [-0.39, 0.29) is 6.79 Å². The first-order valence-electron chi connectivity index (χ1n) is 6.30. The van der Waals surface area contributed by atoms with Gasteiger partial charge in [-0.25, -0.2) is 0 Å². The molecular weight excluding hydrogens is 268 g/mol. The van der Waals surface area contributed by atoms with Gasteiger partial charge >= 0.3 is 0 Å². The van der Waals surface area contributed by atoms with Crippen molar-refractivity contribution in [3.8, 4) is 11.5 Å². The fraction of sp³-hybridized carbons (Fsp3) is 0.538. The van der Waals surface area contributed by atoms with Gasteiger partial charge in [-0.2, -0.15) is 0 Å². The van der Waals surface area contributed by atoms with E-state index < -0.39 is 36.4 Å². The van der Waals surface area contributed by atoms with E-state index in [1.807, 2.05) is 0 Å². The van der Waals surface area contributed by atoms with Gasteiger partial charge < -0.3 is 35.0 Å². The lowest BCUT2D eigenvalue weighted by Crippen LogP contribution is -2.59. The maximum Gasteiger partial charge on any atom is 0.231 e. The molecule has 7 heteroatoms. The lowest BCUT2D eigenvalue weighted by Gasteiger charge is -2.42. The maximum atomic E-state index is 10.0. The Morgan fingerprint density at radius 1 is 0.750 bits per heavy atom. The summed E-state index contributed by atoms with van der Waals surface area (Å²) in [4.78, 5) is 0. The summed E-state index contributed by atoms with van der Waals surface area (Å²) in [6.45, 7) is 0.0958. The van der Waals surface area contributed by atoms with Crippen LogP contribution < -0.4 is 9.47 Å².